The van der Waals surface area contributed by atoms with Crippen LogP contribution in [-0.2, 0) is 11.2 Å². The number of likely N-dealkylation sites (N-methyl/N-ethyl adjacent to an activating group) is 1. The molecule has 0 spiro atoms. The zero-order valence-electron chi connectivity index (χ0n) is 12.1. The first-order valence-corrected chi connectivity index (χ1v) is 6.89. The summed E-state index contributed by atoms with van der Waals surface area (Å²) in [5.41, 5.74) is 0.946. The van der Waals surface area contributed by atoms with Crippen molar-refractivity contribution in [3.05, 3.63) is 29.8 Å². The molecule has 5 nitrogen and oxygen atoms in total. The van der Waals surface area contributed by atoms with Crippen LogP contribution in [0.1, 0.15) is 5.56 Å². The van der Waals surface area contributed by atoms with Crippen LogP contribution in [0.5, 0.6) is 5.75 Å². The van der Waals surface area contributed by atoms with Crippen molar-refractivity contribution in [1.29, 1.82) is 0 Å². The van der Waals surface area contributed by atoms with Gasteiger partial charge in [0.1, 0.15) is 11.8 Å². The van der Waals surface area contributed by atoms with Gasteiger partial charge in [0.15, 0.2) is 0 Å². The number of benzene rings is 1. The minimum absolute atomic E-state index is 0.475. The van der Waals surface area contributed by atoms with E-state index in [1.54, 1.807) is 7.11 Å². The molecule has 1 aliphatic rings. The molecule has 0 aliphatic carbocycles. The second-order valence-electron chi connectivity index (χ2n) is 5.21. The second-order valence-corrected chi connectivity index (χ2v) is 5.21. The summed E-state index contributed by atoms with van der Waals surface area (Å²) in [4.78, 5) is 15.9. The predicted molar refractivity (Wildman–Crippen MR) is 77.2 cm³/mol. The predicted octanol–water partition coefficient (Wildman–Crippen LogP) is 0.938. The Kier molecular flexibility index (Phi) is 4.98. The minimum atomic E-state index is -0.763. The highest BCUT2D eigenvalue weighted by atomic mass is 16.5. The zero-order valence-corrected chi connectivity index (χ0v) is 12.1. The molecule has 0 bridgehead atoms. The molecule has 1 atom stereocenters. The third-order valence-electron chi connectivity index (χ3n) is 3.87. The maximum Gasteiger partial charge on any atom is 0.321 e. The molecule has 0 saturated carbocycles. The van der Waals surface area contributed by atoms with Gasteiger partial charge < -0.3 is 14.7 Å². The van der Waals surface area contributed by atoms with Gasteiger partial charge in [0.2, 0.25) is 0 Å². The van der Waals surface area contributed by atoms with Gasteiger partial charge in [-0.05, 0) is 18.7 Å². The summed E-state index contributed by atoms with van der Waals surface area (Å²) >= 11 is 0. The van der Waals surface area contributed by atoms with Gasteiger partial charge in [0, 0.05) is 32.6 Å². The van der Waals surface area contributed by atoms with E-state index in [1.165, 1.54) is 0 Å². The topological polar surface area (TPSA) is 53.0 Å². The average Bonchev–Trinajstić information content (AvgIpc) is 2.46. The molecule has 0 unspecified atom stereocenters. The van der Waals surface area contributed by atoms with Gasteiger partial charge in [-0.1, -0.05) is 18.2 Å². The van der Waals surface area contributed by atoms with Crippen LogP contribution in [0, 0.1) is 0 Å². The van der Waals surface area contributed by atoms with E-state index in [-0.39, 0.29) is 0 Å². The number of carbonyl (C=O) groups is 1. The summed E-state index contributed by atoms with van der Waals surface area (Å²) in [5, 5.41) is 9.52. The van der Waals surface area contributed by atoms with Gasteiger partial charge in [-0.15, -0.1) is 0 Å². The first kappa shape index (κ1) is 14.8. The summed E-state index contributed by atoms with van der Waals surface area (Å²) in [7, 11) is 3.68. The first-order valence-electron chi connectivity index (χ1n) is 6.89. The highest BCUT2D eigenvalue weighted by molar-refractivity contribution is 5.74. The molecule has 1 aliphatic heterocycles. The van der Waals surface area contributed by atoms with Crippen molar-refractivity contribution in [3.8, 4) is 5.75 Å². The van der Waals surface area contributed by atoms with E-state index >= 15 is 0 Å². The van der Waals surface area contributed by atoms with Gasteiger partial charge in [-0.2, -0.15) is 0 Å². The number of aliphatic carboxylic acids is 1. The number of carboxylic acids is 1. The fraction of sp³-hybridized carbons (Fsp3) is 0.533. The van der Waals surface area contributed by atoms with Gasteiger partial charge in [-0.25, -0.2) is 0 Å². The molecule has 1 fully saturated rings. The Morgan fingerprint density at radius 2 is 1.95 bits per heavy atom. The SMILES string of the molecule is COc1ccccc1C[C@H](C(=O)O)N1CCN(C)CC1. The van der Waals surface area contributed by atoms with Crippen molar-refractivity contribution in [2.45, 2.75) is 12.5 Å². The second kappa shape index (κ2) is 6.72. The Bertz CT molecular complexity index is 456. The highest BCUT2D eigenvalue weighted by Crippen LogP contribution is 2.21. The monoisotopic (exact) mass is 278 g/mol. The van der Waals surface area contributed by atoms with Crippen LogP contribution in [0.2, 0.25) is 0 Å². The molecule has 2 rings (SSSR count). The summed E-state index contributed by atoms with van der Waals surface area (Å²) < 4.78 is 5.31. The fourth-order valence-corrected chi connectivity index (χ4v) is 2.59. The van der Waals surface area contributed by atoms with E-state index < -0.39 is 12.0 Å². The van der Waals surface area contributed by atoms with E-state index in [4.69, 9.17) is 4.74 Å². The molecule has 1 aromatic carbocycles. The van der Waals surface area contributed by atoms with E-state index in [1.807, 2.05) is 24.3 Å². The van der Waals surface area contributed by atoms with Crippen LogP contribution in [0.25, 0.3) is 0 Å². The number of hydrogen-bond donors (Lipinski definition) is 1. The lowest BCUT2D eigenvalue weighted by atomic mass is 10.0. The van der Waals surface area contributed by atoms with Crippen LogP contribution >= 0.6 is 0 Å². The molecule has 1 N–H and O–H groups in total. The van der Waals surface area contributed by atoms with Gasteiger partial charge >= 0.3 is 5.97 Å². The summed E-state index contributed by atoms with van der Waals surface area (Å²) in [6.45, 7) is 3.41. The largest absolute Gasteiger partial charge is 0.496 e. The van der Waals surface area contributed by atoms with Crippen molar-refractivity contribution in [1.82, 2.24) is 9.80 Å². The standard InChI is InChI=1S/C15H22N2O3/c1-16-7-9-17(10-8-16)13(15(18)19)11-12-5-3-4-6-14(12)20-2/h3-6,13H,7-11H2,1-2H3,(H,18,19)/t13-/m1/s1. The summed E-state index contributed by atoms with van der Waals surface area (Å²) in [5.74, 6) is -0.00617. The zero-order chi connectivity index (χ0) is 14.5. The van der Waals surface area contributed by atoms with Crippen molar-refractivity contribution in [3.63, 3.8) is 0 Å². The van der Waals surface area contributed by atoms with Gasteiger partial charge in [0.05, 0.1) is 7.11 Å². The third-order valence-corrected chi connectivity index (χ3v) is 3.87. The van der Waals surface area contributed by atoms with Gasteiger partial charge in [-0.3, -0.25) is 9.69 Å². The minimum Gasteiger partial charge on any atom is -0.496 e. The molecule has 1 aromatic rings. The number of piperazine rings is 1. The average molecular weight is 278 g/mol. The normalized spacial score (nSPS) is 18.7. The number of rotatable bonds is 5. The molecular formula is C15H22N2O3. The number of nitrogens with zero attached hydrogens (tertiary/aromatic N) is 2. The Hall–Kier alpha value is -1.59. The number of para-hydroxylation sites is 1. The Morgan fingerprint density at radius 3 is 2.55 bits per heavy atom. The number of methoxy groups -OCH3 is 1. The van der Waals surface area contributed by atoms with Crippen LogP contribution in [0.15, 0.2) is 24.3 Å². The Labute approximate surface area is 119 Å². The smallest absolute Gasteiger partial charge is 0.321 e. The van der Waals surface area contributed by atoms with Crippen molar-refractivity contribution >= 4 is 5.97 Å². The van der Waals surface area contributed by atoms with Gasteiger partial charge in [0.25, 0.3) is 0 Å². The lowest BCUT2D eigenvalue weighted by Crippen LogP contribution is -2.52. The number of carboxylic acid groups (broad SMARTS) is 1. The van der Waals surface area contributed by atoms with Crippen LogP contribution < -0.4 is 4.74 Å². The lowest BCUT2D eigenvalue weighted by Gasteiger charge is -2.36. The molecule has 1 heterocycles. The molecule has 1 saturated heterocycles. The fourth-order valence-electron chi connectivity index (χ4n) is 2.59. The van der Waals surface area contributed by atoms with Crippen LogP contribution in [0.3, 0.4) is 0 Å². The Balaban J connectivity index is 2.11. The summed E-state index contributed by atoms with van der Waals surface area (Å²) in [6.07, 6.45) is 0.475. The molecule has 20 heavy (non-hydrogen) atoms. The molecule has 0 radical (unpaired) electrons. The lowest BCUT2D eigenvalue weighted by molar-refractivity contribution is -0.144. The van der Waals surface area contributed by atoms with Crippen molar-refractivity contribution in [2.75, 3.05) is 40.3 Å². The van der Waals surface area contributed by atoms with E-state index in [0.29, 0.717) is 6.42 Å². The van der Waals surface area contributed by atoms with Crippen molar-refractivity contribution in [2.24, 2.45) is 0 Å². The molecule has 110 valence electrons. The highest BCUT2D eigenvalue weighted by Gasteiger charge is 2.28. The quantitative estimate of drug-likeness (QED) is 0.868. The molecule has 0 amide bonds. The number of hydrogen-bond acceptors (Lipinski definition) is 4. The maximum absolute atomic E-state index is 11.6. The van der Waals surface area contributed by atoms with Crippen LogP contribution in [-0.4, -0.2) is 67.3 Å². The first-order chi connectivity index (χ1) is 9.61. The molecule has 0 aromatic heterocycles. The third kappa shape index (κ3) is 3.49. The summed E-state index contributed by atoms with van der Waals surface area (Å²) in [6, 6.07) is 7.14. The van der Waals surface area contributed by atoms with Crippen molar-refractivity contribution < 1.29 is 14.6 Å². The van der Waals surface area contributed by atoms with E-state index in [2.05, 4.69) is 16.8 Å². The van der Waals surface area contributed by atoms with E-state index in [9.17, 15) is 9.90 Å². The molecular weight excluding hydrogens is 256 g/mol. The molecule has 5 heteroatoms. The van der Waals surface area contributed by atoms with E-state index in [0.717, 1.165) is 37.5 Å². The Morgan fingerprint density at radius 1 is 1.30 bits per heavy atom. The van der Waals surface area contributed by atoms with Crippen LogP contribution in [0.4, 0.5) is 0 Å². The maximum atomic E-state index is 11.6. The number of ether oxygens (including phenoxy) is 1.